The molecule has 1 unspecified atom stereocenters. The number of hydrogen-bond acceptors (Lipinski definition) is 5. The maximum atomic E-state index is 5.19. The van der Waals surface area contributed by atoms with Crippen LogP contribution < -0.4 is 10.1 Å². The highest BCUT2D eigenvalue weighted by molar-refractivity contribution is 5.28. The fourth-order valence-electron chi connectivity index (χ4n) is 1.79. The molecule has 1 atom stereocenters. The van der Waals surface area contributed by atoms with Gasteiger partial charge < -0.3 is 14.8 Å². The van der Waals surface area contributed by atoms with Gasteiger partial charge in [0.15, 0.2) is 0 Å². The van der Waals surface area contributed by atoms with Gasteiger partial charge in [0.2, 0.25) is 5.88 Å². The van der Waals surface area contributed by atoms with Crippen LogP contribution in [0.3, 0.4) is 0 Å². The molecule has 0 saturated heterocycles. The third-order valence-electron chi connectivity index (χ3n) is 2.64. The normalized spacial score (nSPS) is 12.5. The predicted octanol–water partition coefficient (Wildman–Crippen LogP) is 0.961. The zero-order valence-electron chi connectivity index (χ0n) is 11.0. The summed E-state index contributed by atoms with van der Waals surface area (Å²) in [6, 6.07) is 0.267. The summed E-state index contributed by atoms with van der Waals surface area (Å²) < 4.78 is 10.4. The lowest BCUT2D eigenvalue weighted by atomic mass is 10.1. The van der Waals surface area contributed by atoms with Crippen molar-refractivity contribution >= 4 is 0 Å². The van der Waals surface area contributed by atoms with E-state index < -0.39 is 0 Å². The van der Waals surface area contributed by atoms with E-state index in [1.54, 1.807) is 14.2 Å². The minimum atomic E-state index is 0.267. The van der Waals surface area contributed by atoms with Crippen molar-refractivity contribution in [3.05, 3.63) is 17.6 Å². The van der Waals surface area contributed by atoms with Crippen molar-refractivity contribution in [2.75, 3.05) is 27.4 Å². The molecule has 0 aliphatic heterocycles. The lowest BCUT2D eigenvalue weighted by Crippen LogP contribution is -2.35. The zero-order valence-corrected chi connectivity index (χ0v) is 11.0. The van der Waals surface area contributed by atoms with Crippen molar-refractivity contribution in [3.8, 4) is 5.88 Å². The Hall–Kier alpha value is -1.20. The number of methoxy groups -OCH3 is 2. The Balaban J connectivity index is 2.77. The number of nitrogens with zero attached hydrogens (tertiary/aromatic N) is 2. The molecule has 1 aromatic heterocycles. The molecule has 96 valence electrons. The molecule has 1 heterocycles. The summed E-state index contributed by atoms with van der Waals surface area (Å²) in [5.41, 5.74) is 1.99. The summed E-state index contributed by atoms with van der Waals surface area (Å²) in [5.74, 6) is 0.641. The van der Waals surface area contributed by atoms with Crippen LogP contribution in [0.5, 0.6) is 5.88 Å². The summed E-state index contributed by atoms with van der Waals surface area (Å²) in [4.78, 5) is 8.38. The summed E-state index contributed by atoms with van der Waals surface area (Å²) in [7, 11) is 3.33. The monoisotopic (exact) mass is 239 g/mol. The second-order valence-corrected chi connectivity index (χ2v) is 3.87. The summed E-state index contributed by atoms with van der Waals surface area (Å²) in [6.45, 7) is 5.63. The maximum Gasteiger partial charge on any atom is 0.219 e. The highest BCUT2D eigenvalue weighted by Gasteiger charge is 2.13. The highest BCUT2D eigenvalue weighted by atomic mass is 16.5. The van der Waals surface area contributed by atoms with Crippen molar-refractivity contribution in [2.24, 2.45) is 0 Å². The molecule has 0 amide bonds. The number of rotatable bonds is 7. The SMILES string of the molecule is CCNC(COC)Cc1ncnc(OC)c1C. The first kappa shape index (κ1) is 13.9. The van der Waals surface area contributed by atoms with Crippen LogP contribution in [0.1, 0.15) is 18.2 Å². The van der Waals surface area contributed by atoms with Gasteiger partial charge in [-0.3, -0.25) is 0 Å². The molecule has 0 aliphatic rings. The van der Waals surface area contributed by atoms with Crippen LogP contribution in [-0.2, 0) is 11.2 Å². The van der Waals surface area contributed by atoms with E-state index in [0.29, 0.717) is 12.5 Å². The highest BCUT2D eigenvalue weighted by Crippen LogP contribution is 2.16. The lowest BCUT2D eigenvalue weighted by Gasteiger charge is -2.17. The van der Waals surface area contributed by atoms with E-state index in [2.05, 4.69) is 22.2 Å². The average Bonchev–Trinajstić information content (AvgIpc) is 2.32. The minimum absolute atomic E-state index is 0.267. The van der Waals surface area contributed by atoms with E-state index >= 15 is 0 Å². The molecule has 0 bridgehead atoms. The van der Waals surface area contributed by atoms with Gasteiger partial charge in [-0.25, -0.2) is 9.97 Å². The van der Waals surface area contributed by atoms with Gasteiger partial charge in [0.25, 0.3) is 0 Å². The molecule has 0 aromatic carbocycles. The quantitative estimate of drug-likeness (QED) is 0.768. The number of hydrogen-bond donors (Lipinski definition) is 1. The van der Waals surface area contributed by atoms with Gasteiger partial charge in [-0.2, -0.15) is 0 Å². The topological polar surface area (TPSA) is 56.3 Å². The van der Waals surface area contributed by atoms with Gasteiger partial charge in [0.1, 0.15) is 6.33 Å². The Labute approximate surface area is 103 Å². The van der Waals surface area contributed by atoms with Gasteiger partial charge in [-0.15, -0.1) is 0 Å². The van der Waals surface area contributed by atoms with E-state index in [0.717, 1.165) is 24.2 Å². The Bertz CT molecular complexity index is 339. The number of likely N-dealkylation sites (N-methyl/N-ethyl adjacent to an activating group) is 1. The summed E-state index contributed by atoms with van der Waals surface area (Å²) >= 11 is 0. The molecule has 0 fully saturated rings. The molecule has 0 spiro atoms. The van der Waals surface area contributed by atoms with Crippen molar-refractivity contribution in [2.45, 2.75) is 26.3 Å². The second-order valence-electron chi connectivity index (χ2n) is 3.87. The fourth-order valence-corrected chi connectivity index (χ4v) is 1.79. The van der Waals surface area contributed by atoms with Gasteiger partial charge >= 0.3 is 0 Å². The summed E-state index contributed by atoms with van der Waals surface area (Å²) in [5, 5.41) is 3.37. The molecule has 17 heavy (non-hydrogen) atoms. The Kier molecular flexibility index (Phi) is 5.86. The predicted molar refractivity (Wildman–Crippen MR) is 66.4 cm³/mol. The molecule has 0 saturated carbocycles. The molecular formula is C12H21N3O2. The molecule has 0 aliphatic carbocycles. The number of ether oxygens (including phenoxy) is 2. The van der Waals surface area contributed by atoms with Crippen LogP contribution >= 0.6 is 0 Å². The van der Waals surface area contributed by atoms with Crippen LogP contribution in [0.15, 0.2) is 6.33 Å². The van der Waals surface area contributed by atoms with Crippen LogP contribution in [0.25, 0.3) is 0 Å². The van der Waals surface area contributed by atoms with E-state index in [1.807, 2.05) is 6.92 Å². The fraction of sp³-hybridized carbons (Fsp3) is 0.667. The van der Waals surface area contributed by atoms with Gasteiger partial charge in [-0.1, -0.05) is 6.92 Å². The van der Waals surface area contributed by atoms with Crippen LogP contribution in [0.4, 0.5) is 0 Å². The molecule has 0 radical (unpaired) electrons. The van der Waals surface area contributed by atoms with Gasteiger partial charge in [-0.05, 0) is 13.5 Å². The molecule has 1 N–H and O–H groups in total. The number of aromatic nitrogens is 2. The smallest absolute Gasteiger partial charge is 0.219 e. The lowest BCUT2D eigenvalue weighted by molar-refractivity contribution is 0.166. The second kappa shape index (κ2) is 7.19. The first-order valence-electron chi connectivity index (χ1n) is 5.79. The zero-order chi connectivity index (χ0) is 12.7. The first-order chi connectivity index (χ1) is 8.22. The molecule has 1 rings (SSSR count). The molecule has 5 nitrogen and oxygen atoms in total. The van der Waals surface area contributed by atoms with E-state index in [-0.39, 0.29) is 6.04 Å². The largest absolute Gasteiger partial charge is 0.481 e. The minimum Gasteiger partial charge on any atom is -0.481 e. The van der Waals surface area contributed by atoms with Gasteiger partial charge in [0.05, 0.1) is 19.4 Å². The third kappa shape index (κ3) is 3.94. The Morgan fingerprint density at radius 1 is 1.35 bits per heavy atom. The van der Waals surface area contributed by atoms with Crippen LogP contribution in [-0.4, -0.2) is 43.4 Å². The molecular weight excluding hydrogens is 218 g/mol. The van der Waals surface area contributed by atoms with Crippen molar-refractivity contribution < 1.29 is 9.47 Å². The number of nitrogens with one attached hydrogen (secondary N) is 1. The standard InChI is InChI=1S/C12H21N3O2/c1-5-13-10(7-16-3)6-11-9(2)12(17-4)15-8-14-11/h8,10,13H,5-7H2,1-4H3. The maximum absolute atomic E-state index is 5.19. The van der Waals surface area contributed by atoms with E-state index in [4.69, 9.17) is 9.47 Å². The van der Waals surface area contributed by atoms with E-state index in [1.165, 1.54) is 6.33 Å². The molecule has 1 aromatic rings. The summed E-state index contributed by atoms with van der Waals surface area (Å²) in [6.07, 6.45) is 2.35. The van der Waals surface area contributed by atoms with Crippen LogP contribution in [0.2, 0.25) is 0 Å². The molecule has 5 heteroatoms. The Morgan fingerprint density at radius 3 is 2.71 bits per heavy atom. The third-order valence-corrected chi connectivity index (χ3v) is 2.64. The van der Waals surface area contributed by atoms with Crippen LogP contribution in [0, 0.1) is 6.92 Å². The first-order valence-corrected chi connectivity index (χ1v) is 5.79. The van der Waals surface area contributed by atoms with Gasteiger partial charge in [0, 0.05) is 25.1 Å². The van der Waals surface area contributed by atoms with Crippen molar-refractivity contribution in [1.82, 2.24) is 15.3 Å². The van der Waals surface area contributed by atoms with E-state index in [9.17, 15) is 0 Å². The average molecular weight is 239 g/mol. The van der Waals surface area contributed by atoms with Crippen molar-refractivity contribution in [3.63, 3.8) is 0 Å². The van der Waals surface area contributed by atoms with Crippen molar-refractivity contribution in [1.29, 1.82) is 0 Å². The Morgan fingerprint density at radius 2 is 2.12 bits per heavy atom.